The molecule has 43 heavy (non-hydrogen) atoms. The third-order valence-corrected chi connectivity index (χ3v) is 10.2. The van der Waals surface area contributed by atoms with Gasteiger partial charge in [-0.3, -0.25) is 4.79 Å². The van der Waals surface area contributed by atoms with Gasteiger partial charge >= 0.3 is 18.1 Å². The largest absolute Gasteiger partial charge is 0.508 e. The van der Waals surface area contributed by atoms with E-state index >= 15 is 0 Å². The number of phenolic OH excluding ortho intramolecular Hbond substituents is 2. The lowest BCUT2D eigenvalue weighted by Crippen LogP contribution is -2.36. The van der Waals surface area contributed by atoms with Crippen LogP contribution in [0.5, 0.6) is 11.5 Å². The summed E-state index contributed by atoms with van der Waals surface area (Å²) in [5.74, 6) is -5.17. The van der Waals surface area contributed by atoms with Gasteiger partial charge in [-0.2, -0.15) is 22.0 Å². The van der Waals surface area contributed by atoms with Gasteiger partial charge in [0, 0.05) is 22.5 Å². The molecule has 0 spiro atoms. The molecule has 2 aromatic carbocycles. The number of thioether (sulfide) groups is 1. The van der Waals surface area contributed by atoms with Gasteiger partial charge < -0.3 is 15.3 Å². The second-order valence-corrected chi connectivity index (χ2v) is 13.1. The number of fused-ring (bicyclic) bond motifs is 1. The number of unbranched alkanes of at least 4 members (excludes halogenated alkanes) is 7. The molecule has 1 heterocycles. The van der Waals surface area contributed by atoms with Gasteiger partial charge in [0.2, 0.25) is 0 Å². The average molecular weight is 631 g/mol. The van der Waals surface area contributed by atoms with Crippen molar-refractivity contribution in [1.82, 2.24) is 0 Å². The number of carbonyl (C=O) groups is 1. The molecular weight excluding hydrogens is 587 g/mol. The number of rotatable bonds is 17. The van der Waals surface area contributed by atoms with Gasteiger partial charge in [0.05, 0.1) is 5.92 Å². The summed E-state index contributed by atoms with van der Waals surface area (Å²) >= 11 is 1.75. The topological polar surface area (TPSA) is 77.8 Å². The zero-order valence-corrected chi connectivity index (χ0v) is 25.5. The van der Waals surface area contributed by atoms with Crippen LogP contribution < -0.4 is 0 Å². The maximum absolute atomic E-state index is 13.1. The molecule has 0 saturated heterocycles. The average Bonchev–Trinajstić information content (AvgIpc) is 2.93. The summed E-state index contributed by atoms with van der Waals surface area (Å²) in [4.78, 5) is 12.5. The lowest BCUT2D eigenvalue weighted by molar-refractivity contribution is -0.284. The highest BCUT2D eigenvalue weighted by atomic mass is 32.2. The molecule has 3 rings (SSSR count). The molecule has 10 heteroatoms. The molecule has 0 amide bonds. The van der Waals surface area contributed by atoms with E-state index in [0.29, 0.717) is 6.42 Å². The fraction of sp³-hybridized carbons (Fsp3) is 0.606. The number of aromatic hydroxyl groups is 2. The highest BCUT2D eigenvalue weighted by molar-refractivity contribution is 7.99. The zero-order valence-electron chi connectivity index (χ0n) is 24.6. The number of halogens is 5. The third-order valence-electron chi connectivity index (χ3n) is 8.80. The Balaban J connectivity index is 1.38. The number of carboxylic acids is 1. The molecule has 0 bridgehead atoms. The van der Waals surface area contributed by atoms with E-state index in [2.05, 4.69) is 6.92 Å². The molecule has 240 valence electrons. The molecule has 3 atom stereocenters. The van der Waals surface area contributed by atoms with Crippen molar-refractivity contribution in [3.63, 3.8) is 0 Å². The summed E-state index contributed by atoms with van der Waals surface area (Å²) in [6.45, 7) is 2.28. The SMILES string of the molecule is C[C@]1(c2ccc(O)cc2)CSc2cc(O)ccc2[C@H]1CCCCCCCCCCC(CCCC(F)(F)C(F)(F)F)C(=O)O. The van der Waals surface area contributed by atoms with Gasteiger partial charge in [0.15, 0.2) is 0 Å². The van der Waals surface area contributed by atoms with Gasteiger partial charge in [-0.1, -0.05) is 76.5 Å². The smallest absolute Gasteiger partial charge is 0.453 e. The van der Waals surface area contributed by atoms with E-state index in [9.17, 15) is 42.1 Å². The minimum absolute atomic E-state index is 0.116. The van der Waals surface area contributed by atoms with Gasteiger partial charge in [-0.05, 0) is 67.0 Å². The summed E-state index contributed by atoms with van der Waals surface area (Å²) in [6.07, 6.45) is 1.22. The van der Waals surface area contributed by atoms with Crippen LogP contribution in [0.4, 0.5) is 22.0 Å². The van der Waals surface area contributed by atoms with Crippen LogP contribution in [-0.4, -0.2) is 39.1 Å². The van der Waals surface area contributed by atoms with Gasteiger partial charge in [0.1, 0.15) is 11.5 Å². The third kappa shape index (κ3) is 9.75. The van der Waals surface area contributed by atoms with Crippen LogP contribution in [0.15, 0.2) is 47.4 Å². The summed E-state index contributed by atoms with van der Waals surface area (Å²) in [6, 6.07) is 13.1. The fourth-order valence-corrected chi connectivity index (χ4v) is 7.52. The molecule has 0 saturated carbocycles. The van der Waals surface area contributed by atoms with Gasteiger partial charge in [-0.25, -0.2) is 0 Å². The Morgan fingerprint density at radius 2 is 1.42 bits per heavy atom. The van der Waals surface area contributed by atoms with Crippen LogP contribution in [-0.2, 0) is 10.2 Å². The van der Waals surface area contributed by atoms with E-state index in [1.54, 1.807) is 30.0 Å². The Hall–Kier alpha value is -2.49. The summed E-state index contributed by atoms with van der Waals surface area (Å²) in [7, 11) is 0. The maximum atomic E-state index is 13.1. The number of hydrogen-bond acceptors (Lipinski definition) is 4. The first-order valence-electron chi connectivity index (χ1n) is 15.2. The highest BCUT2D eigenvalue weighted by Crippen LogP contribution is 2.52. The van der Waals surface area contributed by atoms with Crippen molar-refractivity contribution >= 4 is 17.7 Å². The normalized spacial score (nSPS) is 19.6. The first kappa shape index (κ1) is 35.0. The Morgan fingerprint density at radius 1 is 0.860 bits per heavy atom. The van der Waals surface area contributed by atoms with Crippen molar-refractivity contribution in [1.29, 1.82) is 0 Å². The van der Waals surface area contributed by atoms with Crippen LogP contribution >= 0.6 is 11.8 Å². The number of aliphatic carboxylic acids is 1. The molecule has 1 aliphatic rings. The second-order valence-electron chi connectivity index (χ2n) is 12.1. The Bertz CT molecular complexity index is 1170. The molecule has 0 aliphatic carbocycles. The van der Waals surface area contributed by atoms with Crippen molar-refractivity contribution in [2.45, 2.75) is 119 Å². The molecule has 0 aromatic heterocycles. The second kappa shape index (κ2) is 15.5. The molecule has 0 radical (unpaired) electrons. The molecule has 0 fully saturated rings. The lowest BCUT2D eigenvalue weighted by atomic mass is 9.68. The van der Waals surface area contributed by atoms with Crippen LogP contribution in [0.2, 0.25) is 0 Å². The van der Waals surface area contributed by atoms with E-state index < -0.39 is 36.8 Å². The van der Waals surface area contributed by atoms with Crippen molar-refractivity contribution in [2.24, 2.45) is 5.92 Å². The predicted molar refractivity (Wildman–Crippen MR) is 159 cm³/mol. The highest BCUT2D eigenvalue weighted by Gasteiger charge is 2.56. The Kier molecular flexibility index (Phi) is 12.6. The van der Waals surface area contributed by atoms with Crippen molar-refractivity contribution in [2.75, 3.05) is 5.75 Å². The quantitative estimate of drug-likeness (QED) is 0.120. The maximum Gasteiger partial charge on any atom is 0.453 e. The predicted octanol–water partition coefficient (Wildman–Crippen LogP) is 10.2. The van der Waals surface area contributed by atoms with Crippen LogP contribution in [0.1, 0.15) is 107 Å². The number of alkyl halides is 5. The molecule has 1 aliphatic heterocycles. The molecular formula is C33H43F5O4S. The fourth-order valence-electron chi connectivity index (χ4n) is 6.11. The monoisotopic (exact) mass is 630 g/mol. The van der Waals surface area contributed by atoms with Crippen molar-refractivity contribution in [3.05, 3.63) is 53.6 Å². The number of hydrogen-bond donors (Lipinski definition) is 3. The van der Waals surface area contributed by atoms with Gasteiger partial charge in [-0.15, -0.1) is 11.8 Å². The lowest BCUT2D eigenvalue weighted by Gasteiger charge is -2.43. The minimum atomic E-state index is -5.61. The summed E-state index contributed by atoms with van der Waals surface area (Å²) in [5, 5.41) is 29.1. The molecule has 4 nitrogen and oxygen atoms in total. The number of phenols is 2. The van der Waals surface area contributed by atoms with E-state index in [-0.39, 0.29) is 35.7 Å². The zero-order chi connectivity index (χ0) is 31.7. The van der Waals surface area contributed by atoms with E-state index in [0.717, 1.165) is 62.0 Å². The van der Waals surface area contributed by atoms with Crippen LogP contribution in [0.3, 0.4) is 0 Å². The minimum Gasteiger partial charge on any atom is -0.508 e. The van der Waals surface area contributed by atoms with E-state index in [1.165, 1.54) is 11.1 Å². The van der Waals surface area contributed by atoms with Crippen molar-refractivity contribution < 1.29 is 42.1 Å². The van der Waals surface area contributed by atoms with Crippen LogP contribution in [0.25, 0.3) is 0 Å². The summed E-state index contributed by atoms with van der Waals surface area (Å²) in [5.41, 5.74) is 2.32. The van der Waals surface area contributed by atoms with Gasteiger partial charge in [0.25, 0.3) is 0 Å². The molecule has 1 unspecified atom stereocenters. The molecule has 3 N–H and O–H groups in total. The standard InChI is InChI=1S/C33H43F5O4S/c1-31(24-14-16-25(39)17-15-24)22-43-29-21-26(40)18-19-27(29)28(31)13-9-7-5-3-2-4-6-8-11-23(30(41)42)12-10-20-32(34,35)33(36,37)38/h14-19,21,23,28,39-40H,2-13,20,22H2,1H3,(H,41,42)/t23?,28-,31-/m1/s1. The number of benzene rings is 2. The van der Waals surface area contributed by atoms with Crippen molar-refractivity contribution in [3.8, 4) is 11.5 Å². The van der Waals surface area contributed by atoms with E-state index in [1.807, 2.05) is 24.3 Å². The molecule has 2 aromatic rings. The first-order chi connectivity index (χ1) is 20.2. The Labute approximate surface area is 255 Å². The summed E-state index contributed by atoms with van der Waals surface area (Å²) < 4.78 is 63.1. The van der Waals surface area contributed by atoms with Crippen LogP contribution in [0, 0.1) is 5.92 Å². The number of carboxylic acid groups (broad SMARTS) is 1. The Morgan fingerprint density at radius 3 is 2.02 bits per heavy atom. The van der Waals surface area contributed by atoms with E-state index in [4.69, 9.17) is 0 Å². The first-order valence-corrected chi connectivity index (χ1v) is 16.2.